The van der Waals surface area contributed by atoms with E-state index in [0.29, 0.717) is 5.41 Å². The average molecular weight is 310 g/mol. The highest BCUT2D eigenvalue weighted by Gasteiger charge is 2.11. The van der Waals surface area contributed by atoms with E-state index in [0.717, 1.165) is 32.5 Å². The van der Waals surface area contributed by atoms with Gasteiger partial charge in [0.2, 0.25) is 0 Å². The molecule has 0 fully saturated rings. The third-order valence-electron chi connectivity index (χ3n) is 3.60. The molecule has 0 saturated carbocycles. The predicted molar refractivity (Wildman–Crippen MR) is 105 cm³/mol. The summed E-state index contributed by atoms with van der Waals surface area (Å²) in [6.45, 7) is 15.6. The summed E-state index contributed by atoms with van der Waals surface area (Å²) in [7, 11) is 0.861. The Morgan fingerprint density at radius 3 is 2.35 bits per heavy atom. The van der Waals surface area contributed by atoms with Gasteiger partial charge in [0.15, 0.2) is 7.28 Å². The molecule has 2 heteroatoms. The molecule has 0 aliphatic rings. The van der Waals surface area contributed by atoms with Gasteiger partial charge in [0.05, 0.1) is 6.61 Å². The average Bonchev–Trinajstić information content (AvgIpc) is 2.50. The minimum absolute atomic E-state index is 0.323. The second kappa shape index (κ2) is 9.45. The van der Waals surface area contributed by atoms with Crippen LogP contribution in [0.2, 0.25) is 0 Å². The van der Waals surface area contributed by atoms with Crippen molar-refractivity contribution in [2.45, 2.75) is 47.5 Å². The topological polar surface area (TPSA) is 9.23 Å². The Morgan fingerprint density at radius 1 is 1.22 bits per heavy atom. The van der Waals surface area contributed by atoms with Gasteiger partial charge in [-0.25, -0.2) is 0 Å². The lowest BCUT2D eigenvalue weighted by Crippen LogP contribution is -2.09. The van der Waals surface area contributed by atoms with Gasteiger partial charge in [-0.2, -0.15) is 0 Å². The molecule has 1 rings (SSSR count). The summed E-state index contributed by atoms with van der Waals surface area (Å²) >= 11 is 0. The van der Waals surface area contributed by atoms with Crippen molar-refractivity contribution < 1.29 is 4.74 Å². The molecule has 1 nitrogen and oxygen atoms in total. The van der Waals surface area contributed by atoms with Crippen LogP contribution < -0.4 is 0 Å². The van der Waals surface area contributed by atoms with Crippen molar-refractivity contribution in [1.82, 2.24) is 0 Å². The zero-order chi connectivity index (χ0) is 17.3. The number of hydrogen-bond donors (Lipinski definition) is 0. The zero-order valence-corrected chi connectivity index (χ0v) is 15.5. The van der Waals surface area contributed by atoms with E-state index in [9.17, 15) is 0 Å². The van der Waals surface area contributed by atoms with Crippen LogP contribution in [0.4, 0.5) is 0 Å². The Hall–Kier alpha value is -1.70. The highest BCUT2D eigenvalue weighted by Crippen LogP contribution is 2.22. The maximum atomic E-state index is 5.66. The first-order valence-electron chi connectivity index (χ1n) is 8.59. The molecule has 0 bridgehead atoms. The second-order valence-corrected chi connectivity index (χ2v) is 7.11. The van der Waals surface area contributed by atoms with Crippen LogP contribution in [-0.4, -0.2) is 13.9 Å². The van der Waals surface area contributed by atoms with Crippen LogP contribution >= 0.6 is 0 Å². The summed E-state index contributed by atoms with van der Waals surface area (Å²) in [5.41, 5.74) is 4.31. The van der Waals surface area contributed by atoms with Crippen molar-refractivity contribution in [3.8, 4) is 0 Å². The van der Waals surface area contributed by atoms with Gasteiger partial charge in [0.1, 0.15) is 5.76 Å². The van der Waals surface area contributed by atoms with Crippen molar-refractivity contribution in [2.75, 3.05) is 6.61 Å². The standard InChI is InChI=1S/C21H31BO/c1-7-14-23-19(8-2)16-22-20(9-3)18-12-10-17(11-13-18)15-21(4,5)6/h8-13,16,22H,2,7,14-15H2,1,3-6H3/b19-16+,20-9-. The number of benzene rings is 1. The van der Waals surface area contributed by atoms with Crippen molar-refractivity contribution in [3.63, 3.8) is 0 Å². The monoisotopic (exact) mass is 310 g/mol. The molecule has 0 aliphatic carbocycles. The minimum Gasteiger partial charge on any atom is -0.495 e. The van der Waals surface area contributed by atoms with E-state index >= 15 is 0 Å². The molecule has 0 saturated heterocycles. The minimum atomic E-state index is 0.323. The van der Waals surface area contributed by atoms with Gasteiger partial charge in [-0.15, -0.1) is 0 Å². The number of hydrogen-bond acceptors (Lipinski definition) is 1. The fraction of sp³-hybridized carbons (Fsp3) is 0.429. The smallest absolute Gasteiger partial charge is 0.188 e. The van der Waals surface area contributed by atoms with E-state index in [2.05, 4.69) is 77.5 Å². The molecule has 23 heavy (non-hydrogen) atoms. The van der Waals surface area contributed by atoms with Gasteiger partial charge in [0.25, 0.3) is 0 Å². The third-order valence-corrected chi connectivity index (χ3v) is 3.60. The van der Waals surface area contributed by atoms with Crippen LogP contribution in [0.25, 0.3) is 5.47 Å². The molecular weight excluding hydrogens is 279 g/mol. The highest BCUT2D eigenvalue weighted by molar-refractivity contribution is 6.65. The van der Waals surface area contributed by atoms with E-state index in [1.54, 1.807) is 6.08 Å². The Balaban J connectivity index is 2.78. The van der Waals surface area contributed by atoms with Gasteiger partial charge in [-0.1, -0.05) is 76.1 Å². The lowest BCUT2D eigenvalue weighted by molar-refractivity contribution is 0.226. The van der Waals surface area contributed by atoms with E-state index in [4.69, 9.17) is 4.74 Å². The van der Waals surface area contributed by atoms with Gasteiger partial charge in [-0.05, 0) is 42.4 Å². The Kier molecular flexibility index (Phi) is 7.95. The fourth-order valence-electron chi connectivity index (χ4n) is 2.48. The number of rotatable bonds is 8. The summed E-state index contributed by atoms with van der Waals surface area (Å²) in [6, 6.07) is 8.95. The summed E-state index contributed by atoms with van der Waals surface area (Å²) in [4.78, 5) is 0. The fourth-order valence-corrected chi connectivity index (χ4v) is 2.48. The quantitative estimate of drug-likeness (QED) is 0.349. The Bertz CT molecular complexity index is 544. The largest absolute Gasteiger partial charge is 0.495 e. The van der Waals surface area contributed by atoms with E-state index in [1.807, 2.05) is 0 Å². The maximum Gasteiger partial charge on any atom is 0.188 e. The van der Waals surface area contributed by atoms with Crippen molar-refractivity contribution in [3.05, 3.63) is 65.9 Å². The molecule has 0 N–H and O–H groups in total. The lowest BCUT2D eigenvalue weighted by atomic mass is 9.66. The molecular formula is C21H31BO. The number of ether oxygens (including phenoxy) is 1. The van der Waals surface area contributed by atoms with E-state index in [1.165, 1.54) is 16.6 Å². The lowest BCUT2D eigenvalue weighted by Gasteiger charge is -2.18. The van der Waals surface area contributed by atoms with Crippen molar-refractivity contribution in [1.29, 1.82) is 0 Å². The van der Waals surface area contributed by atoms with Gasteiger partial charge in [-0.3, -0.25) is 0 Å². The van der Waals surface area contributed by atoms with Crippen LogP contribution in [0, 0.1) is 5.41 Å². The second-order valence-electron chi connectivity index (χ2n) is 7.11. The first-order valence-corrected chi connectivity index (χ1v) is 8.59. The highest BCUT2D eigenvalue weighted by atomic mass is 16.5. The first kappa shape index (κ1) is 19.4. The summed E-state index contributed by atoms with van der Waals surface area (Å²) in [5.74, 6) is 2.98. The van der Waals surface area contributed by atoms with Gasteiger partial charge >= 0.3 is 0 Å². The van der Waals surface area contributed by atoms with Crippen LogP contribution in [0.3, 0.4) is 0 Å². The molecule has 0 heterocycles. The molecule has 0 radical (unpaired) electrons. The summed E-state index contributed by atoms with van der Waals surface area (Å²) < 4.78 is 5.66. The SMILES string of the molecule is C=C/C(=C\B/C(=C\C)c1ccc(CC(C)(C)C)cc1)OCCC. The molecule has 0 amide bonds. The summed E-state index contributed by atoms with van der Waals surface area (Å²) in [6.07, 6.45) is 6.08. The normalized spacial score (nSPS) is 12.9. The van der Waals surface area contributed by atoms with Gasteiger partial charge in [0, 0.05) is 0 Å². The first-order chi connectivity index (χ1) is 10.9. The number of allylic oxidation sites excluding steroid dienone is 2. The van der Waals surface area contributed by atoms with Crippen molar-refractivity contribution >= 4 is 12.8 Å². The predicted octanol–water partition coefficient (Wildman–Crippen LogP) is 5.53. The Labute approximate surface area is 143 Å². The van der Waals surface area contributed by atoms with Crippen LogP contribution in [-0.2, 0) is 11.2 Å². The van der Waals surface area contributed by atoms with E-state index < -0.39 is 0 Å². The molecule has 0 atom stereocenters. The maximum absolute atomic E-state index is 5.66. The van der Waals surface area contributed by atoms with Gasteiger partial charge < -0.3 is 4.74 Å². The van der Waals surface area contributed by atoms with Crippen LogP contribution in [0.15, 0.2) is 54.7 Å². The van der Waals surface area contributed by atoms with Crippen LogP contribution in [0.1, 0.15) is 52.2 Å². The molecule has 1 aromatic carbocycles. The van der Waals surface area contributed by atoms with Crippen LogP contribution in [0.5, 0.6) is 0 Å². The van der Waals surface area contributed by atoms with E-state index in [-0.39, 0.29) is 0 Å². The molecule has 0 aromatic heterocycles. The zero-order valence-electron chi connectivity index (χ0n) is 15.5. The Morgan fingerprint density at radius 2 is 1.87 bits per heavy atom. The van der Waals surface area contributed by atoms with Crippen molar-refractivity contribution in [2.24, 2.45) is 5.41 Å². The molecule has 0 spiro atoms. The third kappa shape index (κ3) is 7.41. The molecule has 0 aliphatic heterocycles. The summed E-state index contributed by atoms with van der Waals surface area (Å²) in [5, 5.41) is 0. The molecule has 0 unspecified atom stereocenters. The molecule has 1 aromatic rings. The molecule has 124 valence electrons.